The van der Waals surface area contributed by atoms with Crippen LogP contribution in [0.4, 0.5) is 0 Å². The van der Waals surface area contributed by atoms with Crippen LogP contribution in [0.2, 0.25) is 6.82 Å². The summed E-state index contributed by atoms with van der Waals surface area (Å²) in [5, 5.41) is 9.77. The number of rotatable bonds is 5. The first-order valence-corrected chi connectivity index (χ1v) is 7.31. The van der Waals surface area contributed by atoms with Crippen LogP contribution < -0.4 is 14.9 Å². The van der Waals surface area contributed by atoms with E-state index in [4.69, 9.17) is 9.47 Å². The van der Waals surface area contributed by atoms with Gasteiger partial charge < -0.3 is 14.5 Å². The Labute approximate surface area is 136 Å². The van der Waals surface area contributed by atoms with Crippen molar-refractivity contribution in [3.8, 4) is 11.5 Å². The first-order valence-electron chi connectivity index (χ1n) is 7.31. The number of carbonyl (C=O) groups is 1. The Morgan fingerprint density at radius 2 is 1.70 bits per heavy atom. The largest absolute Gasteiger partial charge is 0.497 e. The summed E-state index contributed by atoms with van der Waals surface area (Å²) in [7, 11) is 1.63. The van der Waals surface area contributed by atoms with Gasteiger partial charge in [-0.25, -0.2) is 0 Å². The maximum atomic E-state index is 11.1. The maximum Gasteiger partial charge on any atom is 0.320 e. The summed E-state index contributed by atoms with van der Waals surface area (Å²) in [5.74, 6) is 0.832. The predicted molar refractivity (Wildman–Crippen MR) is 93.1 cm³/mol. The highest BCUT2D eigenvalue weighted by atomic mass is 16.5. The Morgan fingerprint density at radius 1 is 1.04 bits per heavy atom. The van der Waals surface area contributed by atoms with E-state index < -0.39 is 12.9 Å². The van der Waals surface area contributed by atoms with E-state index in [1.54, 1.807) is 26.1 Å². The van der Waals surface area contributed by atoms with Gasteiger partial charge in [0.05, 0.1) is 7.11 Å². The second-order valence-electron chi connectivity index (χ2n) is 5.21. The molecule has 23 heavy (non-hydrogen) atoms. The molecule has 0 amide bonds. The molecule has 0 aliphatic carbocycles. The van der Waals surface area contributed by atoms with E-state index in [-0.39, 0.29) is 0 Å². The average molecular weight is 310 g/mol. The van der Waals surface area contributed by atoms with Crippen LogP contribution in [0.5, 0.6) is 11.5 Å². The molecule has 0 saturated carbocycles. The molecular formula is C18H19BO4. The summed E-state index contributed by atoms with van der Waals surface area (Å²) in [6, 6.07) is 12.9. The molecule has 2 rings (SSSR count). The van der Waals surface area contributed by atoms with Crippen LogP contribution in [0.3, 0.4) is 0 Å². The minimum atomic E-state index is -0.640. The van der Waals surface area contributed by atoms with Crippen LogP contribution in [-0.2, 0) is 4.79 Å². The van der Waals surface area contributed by atoms with Gasteiger partial charge in [0.1, 0.15) is 11.5 Å². The molecule has 118 valence electrons. The number of hydrogen-bond donors (Lipinski definition) is 1. The minimum Gasteiger partial charge on any atom is -0.497 e. The van der Waals surface area contributed by atoms with Crippen molar-refractivity contribution in [3.05, 3.63) is 53.6 Å². The lowest BCUT2D eigenvalue weighted by Gasteiger charge is -2.08. The number of ether oxygens (including phenoxy) is 2. The Hall–Kier alpha value is -2.53. The third-order valence-electron chi connectivity index (χ3n) is 3.28. The molecule has 5 heteroatoms. The number of methoxy groups -OCH3 is 1. The zero-order valence-corrected chi connectivity index (χ0v) is 13.4. The van der Waals surface area contributed by atoms with Crippen LogP contribution in [0.1, 0.15) is 18.1 Å². The van der Waals surface area contributed by atoms with Crippen LogP contribution >= 0.6 is 0 Å². The SMILES string of the molecule is COc1ccc(/C=C/c2cc(OC(C)=O)cc(B(C)O)c2)cc1. The molecular weight excluding hydrogens is 291 g/mol. The van der Waals surface area contributed by atoms with Crippen molar-refractivity contribution in [1.29, 1.82) is 0 Å². The third kappa shape index (κ3) is 5.00. The lowest BCUT2D eigenvalue weighted by atomic mass is 9.64. The molecule has 0 saturated heterocycles. The van der Waals surface area contributed by atoms with Gasteiger partial charge in [-0.3, -0.25) is 4.79 Å². The second kappa shape index (κ2) is 7.65. The van der Waals surface area contributed by atoms with Gasteiger partial charge in [-0.15, -0.1) is 0 Å². The van der Waals surface area contributed by atoms with E-state index in [2.05, 4.69) is 0 Å². The monoisotopic (exact) mass is 310 g/mol. The summed E-state index contributed by atoms with van der Waals surface area (Å²) >= 11 is 0. The van der Waals surface area contributed by atoms with Crippen molar-refractivity contribution in [2.45, 2.75) is 13.7 Å². The predicted octanol–water partition coefficient (Wildman–Crippen LogP) is 2.61. The fourth-order valence-corrected chi connectivity index (χ4v) is 2.12. The fourth-order valence-electron chi connectivity index (χ4n) is 2.12. The fraction of sp³-hybridized carbons (Fsp3) is 0.167. The number of esters is 1. The Bertz CT molecular complexity index is 705. The molecule has 0 aliphatic rings. The van der Waals surface area contributed by atoms with Crippen LogP contribution in [0, 0.1) is 0 Å². The highest BCUT2D eigenvalue weighted by molar-refractivity contribution is 6.64. The van der Waals surface area contributed by atoms with Crippen molar-refractivity contribution >= 4 is 30.5 Å². The summed E-state index contributed by atoms with van der Waals surface area (Å²) in [5.41, 5.74) is 2.55. The van der Waals surface area contributed by atoms with E-state index >= 15 is 0 Å². The molecule has 0 atom stereocenters. The van der Waals surface area contributed by atoms with Crippen LogP contribution in [0.25, 0.3) is 12.2 Å². The normalized spacial score (nSPS) is 10.6. The zero-order valence-electron chi connectivity index (χ0n) is 13.4. The van der Waals surface area contributed by atoms with E-state index in [9.17, 15) is 9.82 Å². The van der Waals surface area contributed by atoms with E-state index in [1.165, 1.54) is 6.92 Å². The van der Waals surface area contributed by atoms with Gasteiger partial charge in [0.2, 0.25) is 0 Å². The topological polar surface area (TPSA) is 55.8 Å². The molecule has 2 aromatic carbocycles. The lowest BCUT2D eigenvalue weighted by Crippen LogP contribution is -2.26. The first kappa shape index (κ1) is 16.8. The highest BCUT2D eigenvalue weighted by Crippen LogP contribution is 2.17. The van der Waals surface area contributed by atoms with Crippen molar-refractivity contribution in [1.82, 2.24) is 0 Å². The number of benzene rings is 2. The molecule has 1 N–H and O–H groups in total. The van der Waals surface area contributed by atoms with Crippen LogP contribution in [0.15, 0.2) is 42.5 Å². The van der Waals surface area contributed by atoms with E-state index in [0.717, 1.165) is 16.9 Å². The van der Waals surface area contributed by atoms with Crippen molar-refractivity contribution in [3.63, 3.8) is 0 Å². The summed E-state index contributed by atoms with van der Waals surface area (Å²) in [6.45, 7) is 2.38. The number of hydrogen-bond acceptors (Lipinski definition) is 4. The van der Waals surface area contributed by atoms with Gasteiger partial charge in [-0.1, -0.05) is 37.2 Å². The first-order chi connectivity index (χ1) is 11.0. The molecule has 0 aromatic heterocycles. The molecule has 0 unspecified atom stereocenters. The molecule has 0 radical (unpaired) electrons. The zero-order chi connectivity index (χ0) is 16.8. The van der Waals surface area contributed by atoms with Crippen molar-refractivity contribution in [2.75, 3.05) is 7.11 Å². The van der Waals surface area contributed by atoms with E-state index in [1.807, 2.05) is 42.5 Å². The Morgan fingerprint density at radius 3 is 2.26 bits per heavy atom. The molecule has 4 nitrogen and oxygen atoms in total. The average Bonchev–Trinajstić information content (AvgIpc) is 2.52. The number of carbonyl (C=O) groups excluding carboxylic acids is 1. The smallest absolute Gasteiger partial charge is 0.320 e. The quantitative estimate of drug-likeness (QED) is 0.399. The van der Waals surface area contributed by atoms with Gasteiger partial charge in [0.15, 0.2) is 0 Å². The van der Waals surface area contributed by atoms with Crippen molar-refractivity contribution < 1.29 is 19.3 Å². The Balaban J connectivity index is 2.27. The van der Waals surface area contributed by atoms with Crippen LogP contribution in [-0.4, -0.2) is 25.0 Å². The van der Waals surface area contributed by atoms with Crippen molar-refractivity contribution in [2.24, 2.45) is 0 Å². The molecule has 0 bridgehead atoms. The minimum absolute atomic E-state index is 0.391. The molecule has 0 heterocycles. The van der Waals surface area contributed by atoms with Gasteiger partial charge in [0.25, 0.3) is 0 Å². The standard InChI is InChI=1S/C18H19BO4/c1-13(20)23-18-11-15(10-16(12-18)19(2)21)5-4-14-6-8-17(22-3)9-7-14/h4-12,21H,1-3H3/b5-4+. The van der Waals surface area contributed by atoms with E-state index in [0.29, 0.717) is 11.2 Å². The maximum absolute atomic E-state index is 11.1. The summed E-state index contributed by atoms with van der Waals surface area (Å²) < 4.78 is 10.3. The summed E-state index contributed by atoms with van der Waals surface area (Å²) in [4.78, 5) is 11.1. The highest BCUT2D eigenvalue weighted by Gasteiger charge is 2.10. The van der Waals surface area contributed by atoms with Gasteiger partial charge in [-0.2, -0.15) is 0 Å². The third-order valence-corrected chi connectivity index (χ3v) is 3.28. The summed E-state index contributed by atoms with van der Waals surface area (Å²) in [6.07, 6.45) is 3.85. The lowest BCUT2D eigenvalue weighted by molar-refractivity contribution is -0.131. The molecule has 2 aromatic rings. The Kier molecular flexibility index (Phi) is 5.60. The van der Waals surface area contributed by atoms with Gasteiger partial charge in [0, 0.05) is 6.92 Å². The second-order valence-corrected chi connectivity index (χ2v) is 5.21. The van der Waals surface area contributed by atoms with Gasteiger partial charge >= 0.3 is 12.9 Å². The molecule has 0 fully saturated rings. The van der Waals surface area contributed by atoms with Gasteiger partial charge in [-0.05, 0) is 40.9 Å². The molecule has 0 aliphatic heterocycles. The molecule has 0 spiro atoms.